The van der Waals surface area contributed by atoms with Crippen LogP contribution in [0.4, 0.5) is 5.69 Å². The quantitative estimate of drug-likeness (QED) is 0.318. The summed E-state index contributed by atoms with van der Waals surface area (Å²) >= 11 is 1.27. The van der Waals surface area contributed by atoms with Gasteiger partial charge < -0.3 is 5.32 Å². The maximum atomic E-state index is 13.2. The van der Waals surface area contributed by atoms with E-state index >= 15 is 0 Å². The Morgan fingerprint density at radius 1 is 1.16 bits per heavy atom. The number of hydrogen-bond acceptors (Lipinski definition) is 5. The molecule has 7 heteroatoms. The topological polar surface area (TPSA) is 87.8 Å². The van der Waals surface area contributed by atoms with Crippen LogP contribution in [-0.4, -0.2) is 21.2 Å². The molecule has 1 N–H and O–H groups in total. The van der Waals surface area contributed by atoms with Crippen molar-refractivity contribution in [3.63, 3.8) is 0 Å². The molecule has 6 nitrogen and oxygen atoms in total. The fourth-order valence-corrected chi connectivity index (χ4v) is 4.62. The van der Waals surface area contributed by atoms with E-state index in [1.165, 1.54) is 30.2 Å². The molecule has 4 rings (SSSR count). The number of allylic oxidation sites excluding steroid dienone is 2. The molecule has 0 saturated heterocycles. The summed E-state index contributed by atoms with van der Waals surface area (Å²) in [4.78, 5) is 30.4. The SMILES string of the molecule is N#Cc1ccc(NC(=O)CSc2nc3ccccc3c(=O)n2CCC2=CCCCC2)cc1. The van der Waals surface area contributed by atoms with Gasteiger partial charge in [-0.3, -0.25) is 14.2 Å². The summed E-state index contributed by atoms with van der Waals surface area (Å²) in [6, 6.07) is 16.1. The minimum absolute atomic E-state index is 0.0676. The maximum absolute atomic E-state index is 13.2. The van der Waals surface area contributed by atoms with Crippen LogP contribution in [0.1, 0.15) is 37.7 Å². The Balaban J connectivity index is 1.51. The minimum atomic E-state index is -0.191. The molecule has 162 valence electrons. The zero-order valence-electron chi connectivity index (χ0n) is 17.7. The zero-order valence-corrected chi connectivity index (χ0v) is 18.5. The van der Waals surface area contributed by atoms with Gasteiger partial charge in [0.15, 0.2) is 5.16 Å². The minimum Gasteiger partial charge on any atom is -0.325 e. The summed E-state index contributed by atoms with van der Waals surface area (Å²) in [5, 5.41) is 12.9. The monoisotopic (exact) mass is 444 g/mol. The number of benzene rings is 2. The number of thioether (sulfide) groups is 1. The van der Waals surface area contributed by atoms with Crippen LogP contribution in [-0.2, 0) is 11.3 Å². The summed E-state index contributed by atoms with van der Waals surface area (Å²) in [6.07, 6.45) is 7.75. The second-order valence-electron chi connectivity index (χ2n) is 7.75. The third kappa shape index (κ3) is 5.27. The van der Waals surface area contributed by atoms with Crippen molar-refractivity contribution < 1.29 is 4.79 Å². The fourth-order valence-electron chi connectivity index (χ4n) is 3.80. The van der Waals surface area contributed by atoms with E-state index in [0.29, 0.717) is 33.9 Å². The first-order chi connectivity index (χ1) is 15.6. The van der Waals surface area contributed by atoms with Crippen molar-refractivity contribution in [3.8, 4) is 6.07 Å². The van der Waals surface area contributed by atoms with Crippen LogP contribution in [0.25, 0.3) is 10.9 Å². The second-order valence-corrected chi connectivity index (χ2v) is 8.69. The van der Waals surface area contributed by atoms with Gasteiger partial charge in [-0.2, -0.15) is 5.26 Å². The van der Waals surface area contributed by atoms with Gasteiger partial charge in [0, 0.05) is 12.2 Å². The number of aromatic nitrogens is 2. The number of rotatable bonds is 7. The van der Waals surface area contributed by atoms with Crippen molar-refractivity contribution in [1.82, 2.24) is 9.55 Å². The third-order valence-corrected chi connectivity index (χ3v) is 6.47. The molecule has 0 radical (unpaired) electrons. The first kappa shape index (κ1) is 21.8. The molecule has 0 bridgehead atoms. The summed E-state index contributed by atoms with van der Waals surface area (Å²) in [7, 11) is 0. The zero-order chi connectivity index (χ0) is 22.3. The van der Waals surface area contributed by atoms with Gasteiger partial charge in [0.25, 0.3) is 5.56 Å². The number of anilines is 1. The van der Waals surface area contributed by atoms with Gasteiger partial charge in [0.1, 0.15) is 0 Å². The number of nitriles is 1. The number of hydrogen-bond donors (Lipinski definition) is 1. The molecule has 1 amide bonds. The van der Waals surface area contributed by atoms with Crippen molar-refractivity contribution in [2.45, 2.75) is 43.8 Å². The Morgan fingerprint density at radius 2 is 1.97 bits per heavy atom. The molecule has 2 aromatic carbocycles. The Kier molecular flexibility index (Phi) is 7.03. The standard InChI is InChI=1S/C25H24N4O2S/c26-16-19-10-12-20(13-11-19)27-23(30)17-32-25-28-22-9-5-4-8-21(22)24(31)29(25)15-14-18-6-2-1-3-7-18/h4-6,8-13H,1-3,7,14-15,17H2,(H,27,30). The molecule has 1 heterocycles. The lowest BCUT2D eigenvalue weighted by Crippen LogP contribution is -2.24. The van der Waals surface area contributed by atoms with Crippen molar-refractivity contribution in [3.05, 3.63) is 76.1 Å². The van der Waals surface area contributed by atoms with Gasteiger partial charge >= 0.3 is 0 Å². The van der Waals surface area contributed by atoms with Crippen molar-refractivity contribution >= 4 is 34.3 Å². The van der Waals surface area contributed by atoms with E-state index in [1.807, 2.05) is 18.2 Å². The van der Waals surface area contributed by atoms with Crippen LogP contribution in [0, 0.1) is 11.3 Å². The highest BCUT2D eigenvalue weighted by atomic mass is 32.2. The van der Waals surface area contributed by atoms with Gasteiger partial charge in [-0.25, -0.2) is 4.98 Å². The highest BCUT2D eigenvalue weighted by Crippen LogP contribution is 2.23. The van der Waals surface area contributed by atoms with E-state index in [9.17, 15) is 9.59 Å². The molecule has 0 spiro atoms. The normalized spacial score (nSPS) is 13.4. The molecular weight excluding hydrogens is 420 g/mol. The lowest BCUT2D eigenvalue weighted by Gasteiger charge is -2.16. The van der Waals surface area contributed by atoms with Gasteiger partial charge in [-0.15, -0.1) is 0 Å². The highest BCUT2D eigenvalue weighted by Gasteiger charge is 2.14. The number of carbonyl (C=O) groups is 1. The Morgan fingerprint density at radius 3 is 2.72 bits per heavy atom. The molecule has 0 aliphatic heterocycles. The number of nitrogens with zero attached hydrogens (tertiary/aromatic N) is 3. The van der Waals surface area contributed by atoms with Gasteiger partial charge in [-0.1, -0.05) is 35.5 Å². The molecule has 0 saturated carbocycles. The number of amides is 1. The van der Waals surface area contributed by atoms with E-state index in [4.69, 9.17) is 10.2 Å². The Labute approximate surface area is 191 Å². The molecule has 0 fully saturated rings. The van der Waals surface area contributed by atoms with Gasteiger partial charge in [0.05, 0.1) is 28.3 Å². The van der Waals surface area contributed by atoms with Crippen molar-refractivity contribution in [2.75, 3.05) is 11.1 Å². The Hall–Kier alpha value is -3.37. The lowest BCUT2D eigenvalue weighted by atomic mass is 9.97. The molecule has 1 aromatic heterocycles. The number of carbonyl (C=O) groups excluding carboxylic acids is 1. The Bertz CT molecular complexity index is 1260. The van der Waals surface area contributed by atoms with Crippen LogP contribution in [0.3, 0.4) is 0 Å². The van der Waals surface area contributed by atoms with Crippen LogP contribution in [0.15, 0.2) is 70.1 Å². The molecule has 1 aliphatic carbocycles. The van der Waals surface area contributed by atoms with E-state index in [0.717, 1.165) is 19.3 Å². The molecule has 0 unspecified atom stereocenters. The summed E-state index contributed by atoms with van der Waals surface area (Å²) < 4.78 is 1.71. The van der Waals surface area contributed by atoms with Gasteiger partial charge in [-0.05, 0) is 68.5 Å². The van der Waals surface area contributed by atoms with E-state index in [2.05, 4.69) is 17.5 Å². The summed E-state index contributed by atoms with van der Waals surface area (Å²) in [6.45, 7) is 0.558. The first-order valence-corrected chi connectivity index (χ1v) is 11.7. The average Bonchev–Trinajstić information content (AvgIpc) is 2.83. The number of nitrogens with one attached hydrogen (secondary N) is 1. The molecular formula is C25H24N4O2S. The van der Waals surface area contributed by atoms with Crippen molar-refractivity contribution in [1.29, 1.82) is 5.26 Å². The molecule has 1 aliphatic rings. The van der Waals surface area contributed by atoms with Crippen LogP contribution >= 0.6 is 11.8 Å². The van der Waals surface area contributed by atoms with Crippen LogP contribution < -0.4 is 10.9 Å². The second kappa shape index (κ2) is 10.3. The van der Waals surface area contributed by atoms with E-state index < -0.39 is 0 Å². The average molecular weight is 445 g/mol. The predicted molar refractivity (Wildman–Crippen MR) is 128 cm³/mol. The lowest BCUT2D eigenvalue weighted by molar-refractivity contribution is -0.113. The predicted octanol–water partition coefficient (Wildman–Crippen LogP) is 4.89. The van der Waals surface area contributed by atoms with Gasteiger partial charge in [0.2, 0.25) is 5.91 Å². The smallest absolute Gasteiger partial charge is 0.262 e. The molecule has 3 aromatic rings. The maximum Gasteiger partial charge on any atom is 0.262 e. The molecule has 0 atom stereocenters. The van der Waals surface area contributed by atoms with Crippen LogP contribution in [0.5, 0.6) is 0 Å². The summed E-state index contributed by atoms with van der Waals surface area (Å²) in [5.74, 6) is -0.0586. The number of para-hydroxylation sites is 1. The highest BCUT2D eigenvalue weighted by molar-refractivity contribution is 7.99. The third-order valence-electron chi connectivity index (χ3n) is 5.50. The van der Waals surface area contributed by atoms with Crippen molar-refractivity contribution in [2.24, 2.45) is 0 Å². The molecule has 32 heavy (non-hydrogen) atoms. The largest absolute Gasteiger partial charge is 0.325 e. The fraction of sp³-hybridized carbons (Fsp3) is 0.280. The van der Waals surface area contributed by atoms with E-state index in [-0.39, 0.29) is 17.2 Å². The first-order valence-electron chi connectivity index (χ1n) is 10.7. The van der Waals surface area contributed by atoms with Crippen LogP contribution in [0.2, 0.25) is 0 Å². The number of fused-ring (bicyclic) bond motifs is 1. The van der Waals surface area contributed by atoms with E-state index in [1.54, 1.807) is 34.9 Å². The summed E-state index contributed by atoms with van der Waals surface area (Å²) in [5.41, 5.74) is 3.13.